The fraction of sp³-hybridized carbons (Fsp3) is 0.333. The highest BCUT2D eigenvalue weighted by molar-refractivity contribution is 5.65. The molecule has 9 nitrogen and oxygen atoms in total. The van der Waals surface area contributed by atoms with E-state index < -0.39 is 18.9 Å². The normalized spacial score (nSPS) is 13.8. The minimum Gasteiger partial charge on any atom is -0.508 e. The summed E-state index contributed by atoms with van der Waals surface area (Å²) >= 11 is 0. The molecule has 0 aliphatic heterocycles. The predicted molar refractivity (Wildman–Crippen MR) is 526 cm³/mol. The Morgan fingerprint density at radius 1 is 0.246 bits per heavy atom. The molecule has 1 saturated carbocycles. The van der Waals surface area contributed by atoms with E-state index in [0.29, 0.717) is 66.0 Å². The number of hydrogen-bond donors (Lipinski definition) is 3. The van der Waals surface area contributed by atoms with E-state index in [4.69, 9.17) is 43.7 Å². The van der Waals surface area contributed by atoms with Crippen molar-refractivity contribution < 1.29 is 43.7 Å². The molecule has 1 fully saturated rings. The second-order valence-electron chi connectivity index (χ2n) is 33.4. The van der Waals surface area contributed by atoms with Crippen molar-refractivity contribution in [1.82, 2.24) is 0 Å². The van der Waals surface area contributed by atoms with Crippen molar-refractivity contribution >= 4 is 0 Å². The molecule has 1 aliphatic carbocycles. The second-order valence-corrected chi connectivity index (χ2v) is 33.4. The average Bonchev–Trinajstić information content (AvgIpc) is 0.842. The molecular weight excluding hydrogens is 1550 g/mol. The maximum absolute atomic E-state index is 9.01. The fourth-order valence-corrected chi connectivity index (χ4v) is 14.7. The van der Waals surface area contributed by atoms with Gasteiger partial charge < -0.3 is 43.7 Å². The summed E-state index contributed by atoms with van der Waals surface area (Å²) in [5.74, 6) is 7.79. The van der Waals surface area contributed by atoms with Crippen molar-refractivity contribution in [2.75, 3.05) is 19.8 Å². The number of hydrogen-bond acceptors (Lipinski definition) is 9. The summed E-state index contributed by atoms with van der Waals surface area (Å²) in [4.78, 5) is 0. The Kier molecular flexibility index (Phi) is 42.5. The smallest absolute Gasteiger partial charge is 0.226 e. The molecule has 0 heterocycles. The van der Waals surface area contributed by atoms with E-state index in [1.807, 2.05) is 85.8 Å². The monoisotopic (exact) mass is 1690 g/mol. The average molecular weight is 1690 g/mol. The van der Waals surface area contributed by atoms with Gasteiger partial charge >= 0.3 is 0 Å². The van der Waals surface area contributed by atoms with Gasteiger partial charge in [0.2, 0.25) is 18.9 Å². The third kappa shape index (κ3) is 33.1. The van der Waals surface area contributed by atoms with E-state index >= 15 is 0 Å². The SMILES string of the molecule is CCC(C)c1ccc(O)cc1.CCC(C)c1ccc(O)cc1.CCC(C)c1ccc(O)cc1.CCC(C)c1ccc(OC(OCCC2CCCCC2)c2ccc(-c3ccccc3)cc2)cc1.CCC(C)c1ccc(OC(OCCc2ccccc2)c2ccc(-c3ccccc3)cc2)cc1.CCOC(Oc1ccc(C(C)CC)cc1)c1ccc(-c2ccccc2)cc1. The lowest BCUT2D eigenvalue weighted by Crippen LogP contribution is -2.16. The summed E-state index contributed by atoms with van der Waals surface area (Å²) in [5.41, 5.74) is 19.5. The van der Waals surface area contributed by atoms with Crippen LogP contribution in [0.4, 0.5) is 0 Å². The minimum absolute atomic E-state index is 0.344. The topological polar surface area (TPSA) is 116 Å². The van der Waals surface area contributed by atoms with Crippen LogP contribution in [-0.4, -0.2) is 35.1 Å². The zero-order valence-electron chi connectivity index (χ0n) is 77.2. The van der Waals surface area contributed by atoms with Crippen LogP contribution in [0.1, 0.15) is 277 Å². The van der Waals surface area contributed by atoms with Gasteiger partial charge in [0, 0.05) is 23.3 Å². The third-order valence-electron chi connectivity index (χ3n) is 24.3. The van der Waals surface area contributed by atoms with Gasteiger partial charge in [-0.05, 0) is 245 Å². The molecule has 3 N–H and O–H groups in total. The van der Waals surface area contributed by atoms with Crippen molar-refractivity contribution in [2.45, 2.75) is 228 Å². The molecule has 0 spiro atoms. The van der Waals surface area contributed by atoms with Crippen LogP contribution in [-0.2, 0) is 20.6 Å². The first kappa shape index (κ1) is 98.3. The van der Waals surface area contributed by atoms with E-state index in [1.54, 1.807) is 36.4 Å². The van der Waals surface area contributed by atoms with Crippen molar-refractivity contribution in [3.63, 3.8) is 0 Å². The van der Waals surface area contributed by atoms with Gasteiger partial charge in [-0.25, -0.2) is 0 Å². The van der Waals surface area contributed by atoms with Crippen LogP contribution in [0.15, 0.2) is 340 Å². The lowest BCUT2D eigenvalue weighted by atomic mass is 9.87. The number of aromatic hydroxyl groups is 3. The van der Waals surface area contributed by atoms with E-state index in [0.717, 1.165) is 97.8 Å². The Labute approximate surface area is 755 Å². The van der Waals surface area contributed by atoms with Gasteiger partial charge in [0.05, 0.1) is 13.2 Å². The first-order chi connectivity index (χ1) is 61.4. The van der Waals surface area contributed by atoms with Gasteiger partial charge in [0.1, 0.15) is 34.5 Å². The maximum Gasteiger partial charge on any atom is 0.226 e. The first-order valence-corrected chi connectivity index (χ1v) is 46.4. The highest BCUT2D eigenvalue weighted by Gasteiger charge is 2.21. The van der Waals surface area contributed by atoms with Crippen LogP contribution in [0.2, 0.25) is 0 Å². The summed E-state index contributed by atoms with van der Waals surface area (Å²) in [6, 6.07) is 115. The molecule has 0 aromatic heterocycles. The van der Waals surface area contributed by atoms with Crippen molar-refractivity contribution in [2.24, 2.45) is 5.92 Å². The maximum atomic E-state index is 9.01. The number of phenolic OH excluding ortho intramolecular Hbond substituents is 3. The molecule has 9 atom stereocenters. The molecule has 9 heteroatoms. The summed E-state index contributed by atoms with van der Waals surface area (Å²) in [5, 5.41) is 27.0. The van der Waals surface area contributed by atoms with E-state index in [9.17, 15) is 0 Å². The van der Waals surface area contributed by atoms with Gasteiger partial charge in [-0.2, -0.15) is 0 Å². The molecule has 14 rings (SSSR count). The first-order valence-electron chi connectivity index (χ1n) is 46.4. The Bertz CT molecular complexity index is 4880. The summed E-state index contributed by atoms with van der Waals surface area (Å²) in [6.45, 7) is 30.4. The number of phenols is 3. The summed E-state index contributed by atoms with van der Waals surface area (Å²) < 4.78 is 37.3. The minimum atomic E-state index is -0.465. The molecule has 126 heavy (non-hydrogen) atoms. The number of ether oxygens (including phenoxy) is 6. The van der Waals surface area contributed by atoms with E-state index in [1.165, 1.54) is 104 Å². The quantitative estimate of drug-likeness (QED) is 0.0339. The van der Waals surface area contributed by atoms with Crippen LogP contribution >= 0.6 is 0 Å². The van der Waals surface area contributed by atoms with Gasteiger partial charge in [-0.15, -0.1) is 0 Å². The Hall–Kier alpha value is -11.5. The molecule has 662 valence electrons. The summed E-state index contributed by atoms with van der Waals surface area (Å²) in [7, 11) is 0. The van der Waals surface area contributed by atoms with Gasteiger partial charge in [-0.1, -0.05) is 382 Å². The number of rotatable bonds is 34. The Morgan fingerprint density at radius 3 is 0.738 bits per heavy atom. The highest BCUT2D eigenvalue weighted by Crippen LogP contribution is 2.35. The van der Waals surface area contributed by atoms with Crippen molar-refractivity contribution in [1.29, 1.82) is 0 Å². The Balaban J connectivity index is 0.000000181. The standard InChI is InChI=1S/C31H38O2.C31H32O2.C25H28O2.3C10H14O/c2*1-3-24(2)26-18-20-30(21-19-26)33-31(32-23-22-25-10-6-4-7-11-25)29-16-14-28(15-17-29)27-12-8-5-9-13-27;1-4-19(3)20-15-17-24(18-16-20)27-25(26-5-2)23-13-11-22(12-14-23)21-9-7-6-8-10-21;3*1-3-8(2)9-4-6-10(11)7-5-9/h5,8-9,12-21,24-25,31H,3-4,6-7,10-11,22-23H2,1-2H3;4-21,24,31H,3,22-23H2,1-2H3;6-19,25H,4-5H2,1-3H3;3*4-8,11H,3H2,1-2H3. The molecule has 1 aliphatic rings. The molecule has 13 aromatic rings. The highest BCUT2D eigenvalue weighted by atomic mass is 16.7. The Morgan fingerprint density at radius 2 is 0.476 bits per heavy atom. The van der Waals surface area contributed by atoms with Crippen LogP contribution in [0.5, 0.6) is 34.5 Å². The van der Waals surface area contributed by atoms with Crippen molar-refractivity contribution in [3.8, 4) is 67.9 Å². The van der Waals surface area contributed by atoms with Crippen LogP contribution in [0.25, 0.3) is 33.4 Å². The van der Waals surface area contributed by atoms with Gasteiger partial charge in [-0.3, -0.25) is 0 Å². The molecular formula is C117H140O9. The number of benzene rings is 13. The molecule has 0 saturated heterocycles. The lowest BCUT2D eigenvalue weighted by molar-refractivity contribution is -0.0878. The molecule has 0 bridgehead atoms. The van der Waals surface area contributed by atoms with Gasteiger partial charge in [0.15, 0.2) is 0 Å². The van der Waals surface area contributed by atoms with Crippen LogP contribution in [0, 0.1) is 5.92 Å². The molecule has 13 aromatic carbocycles. The molecule has 9 unspecified atom stereocenters. The van der Waals surface area contributed by atoms with E-state index in [-0.39, 0.29) is 0 Å². The summed E-state index contributed by atoms with van der Waals surface area (Å²) in [6.07, 6.45) is 14.3. The van der Waals surface area contributed by atoms with Crippen LogP contribution in [0.3, 0.4) is 0 Å². The zero-order valence-corrected chi connectivity index (χ0v) is 77.2. The van der Waals surface area contributed by atoms with Gasteiger partial charge in [0.25, 0.3) is 0 Å². The largest absolute Gasteiger partial charge is 0.508 e. The predicted octanol–water partition coefficient (Wildman–Crippen LogP) is 32.8. The van der Waals surface area contributed by atoms with Crippen molar-refractivity contribution in [3.05, 3.63) is 395 Å². The molecule has 0 radical (unpaired) electrons. The zero-order chi connectivity index (χ0) is 89.6. The lowest BCUT2D eigenvalue weighted by Gasteiger charge is -2.24. The van der Waals surface area contributed by atoms with Crippen LogP contribution < -0.4 is 14.2 Å². The third-order valence-corrected chi connectivity index (χ3v) is 24.3. The molecule has 0 amide bonds. The second kappa shape index (κ2) is 54.4. The van der Waals surface area contributed by atoms with E-state index in [2.05, 4.69) is 308 Å². The fourth-order valence-electron chi connectivity index (χ4n) is 14.7.